The lowest BCUT2D eigenvalue weighted by atomic mass is 10.2. The van der Waals surface area contributed by atoms with Gasteiger partial charge in [0.1, 0.15) is 5.82 Å². The molecule has 1 atom stereocenters. The van der Waals surface area contributed by atoms with Crippen LogP contribution in [0.3, 0.4) is 0 Å². The summed E-state index contributed by atoms with van der Waals surface area (Å²) in [5, 5.41) is 9.37. The first kappa shape index (κ1) is 13.1. The van der Waals surface area contributed by atoms with Gasteiger partial charge in [0, 0.05) is 12.1 Å². The lowest BCUT2D eigenvalue weighted by Crippen LogP contribution is -2.29. The largest absolute Gasteiger partial charge is 0.389 e. The summed E-state index contributed by atoms with van der Waals surface area (Å²) in [5.74, 6) is -0.299. The molecule has 0 amide bonds. The summed E-state index contributed by atoms with van der Waals surface area (Å²) >= 11 is 0. The van der Waals surface area contributed by atoms with Gasteiger partial charge < -0.3 is 14.7 Å². The van der Waals surface area contributed by atoms with Gasteiger partial charge in [-0.25, -0.2) is 9.87 Å². The molecule has 1 aromatic rings. The molecular formula is C11H16FNO3. The van der Waals surface area contributed by atoms with Crippen molar-refractivity contribution in [2.24, 2.45) is 0 Å². The molecule has 0 aliphatic carbocycles. The third-order valence-corrected chi connectivity index (χ3v) is 1.99. The summed E-state index contributed by atoms with van der Waals surface area (Å²) in [6.07, 6.45) is -0.674. The van der Waals surface area contributed by atoms with E-state index in [-0.39, 0.29) is 25.6 Å². The molecule has 1 unspecified atom stereocenters. The van der Waals surface area contributed by atoms with Crippen molar-refractivity contribution in [1.82, 2.24) is 5.48 Å². The van der Waals surface area contributed by atoms with Gasteiger partial charge in [-0.3, -0.25) is 0 Å². The standard InChI is InChI=1S/C11H16FNO3/c1-15-13-6-10(14)8-16-7-9-4-2-3-5-11(9)12/h2-5,10,13-14H,6-8H2,1H3. The van der Waals surface area contributed by atoms with E-state index < -0.39 is 6.10 Å². The predicted molar refractivity (Wildman–Crippen MR) is 57.1 cm³/mol. The van der Waals surface area contributed by atoms with Crippen molar-refractivity contribution in [3.63, 3.8) is 0 Å². The molecule has 90 valence electrons. The highest BCUT2D eigenvalue weighted by atomic mass is 19.1. The second-order valence-corrected chi connectivity index (χ2v) is 3.31. The molecule has 1 aromatic carbocycles. The third kappa shape index (κ3) is 4.67. The van der Waals surface area contributed by atoms with E-state index in [1.165, 1.54) is 13.2 Å². The second-order valence-electron chi connectivity index (χ2n) is 3.31. The number of hydrogen-bond donors (Lipinski definition) is 2. The first-order valence-electron chi connectivity index (χ1n) is 4.99. The summed E-state index contributed by atoms with van der Waals surface area (Å²) in [6, 6.07) is 6.39. The average molecular weight is 229 g/mol. The second kappa shape index (κ2) is 7.29. The van der Waals surface area contributed by atoms with Crippen molar-refractivity contribution in [2.45, 2.75) is 12.7 Å². The van der Waals surface area contributed by atoms with Gasteiger partial charge >= 0.3 is 0 Å². The smallest absolute Gasteiger partial charge is 0.128 e. The summed E-state index contributed by atoms with van der Waals surface area (Å²) < 4.78 is 18.3. The minimum absolute atomic E-state index is 0.130. The lowest BCUT2D eigenvalue weighted by Gasteiger charge is -2.11. The molecule has 0 bridgehead atoms. The van der Waals surface area contributed by atoms with E-state index in [9.17, 15) is 9.50 Å². The molecular weight excluding hydrogens is 213 g/mol. The predicted octanol–water partition coefficient (Wildman–Crippen LogP) is 0.854. The fraction of sp³-hybridized carbons (Fsp3) is 0.455. The van der Waals surface area contributed by atoms with E-state index in [1.807, 2.05) is 0 Å². The van der Waals surface area contributed by atoms with E-state index in [0.29, 0.717) is 5.56 Å². The van der Waals surface area contributed by atoms with Gasteiger partial charge in [0.15, 0.2) is 0 Å². The van der Waals surface area contributed by atoms with Crippen LogP contribution in [0.1, 0.15) is 5.56 Å². The molecule has 2 N–H and O–H groups in total. The molecule has 0 radical (unpaired) electrons. The fourth-order valence-corrected chi connectivity index (χ4v) is 1.16. The molecule has 0 aliphatic rings. The maximum atomic E-state index is 13.1. The van der Waals surface area contributed by atoms with Crippen LogP contribution >= 0.6 is 0 Å². The highest BCUT2D eigenvalue weighted by Crippen LogP contribution is 2.07. The Morgan fingerprint density at radius 3 is 2.88 bits per heavy atom. The number of aliphatic hydroxyl groups excluding tert-OH is 1. The maximum absolute atomic E-state index is 13.1. The Bertz CT molecular complexity index is 309. The van der Waals surface area contributed by atoms with Crippen LogP contribution in [0, 0.1) is 5.82 Å². The van der Waals surface area contributed by atoms with E-state index >= 15 is 0 Å². The molecule has 0 aromatic heterocycles. The molecule has 0 saturated carbocycles. The van der Waals surface area contributed by atoms with Gasteiger partial charge in [-0.1, -0.05) is 18.2 Å². The van der Waals surface area contributed by atoms with Gasteiger partial charge in [0.05, 0.1) is 26.4 Å². The number of aliphatic hydroxyl groups is 1. The normalized spacial score (nSPS) is 12.7. The molecule has 4 nitrogen and oxygen atoms in total. The Balaban J connectivity index is 2.23. The van der Waals surface area contributed by atoms with Crippen LogP contribution in [-0.2, 0) is 16.2 Å². The van der Waals surface area contributed by atoms with Crippen molar-refractivity contribution >= 4 is 0 Å². The van der Waals surface area contributed by atoms with Gasteiger partial charge in [-0.05, 0) is 6.07 Å². The molecule has 0 saturated heterocycles. The Morgan fingerprint density at radius 1 is 1.44 bits per heavy atom. The van der Waals surface area contributed by atoms with Crippen molar-refractivity contribution in [3.05, 3.63) is 35.6 Å². The van der Waals surface area contributed by atoms with Crippen molar-refractivity contribution in [2.75, 3.05) is 20.3 Å². The van der Waals surface area contributed by atoms with Gasteiger partial charge in [0.25, 0.3) is 0 Å². The van der Waals surface area contributed by atoms with Crippen LogP contribution in [0.15, 0.2) is 24.3 Å². The number of halogens is 1. The Morgan fingerprint density at radius 2 is 2.19 bits per heavy atom. The molecule has 5 heteroatoms. The van der Waals surface area contributed by atoms with E-state index in [4.69, 9.17) is 4.74 Å². The highest BCUT2D eigenvalue weighted by molar-refractivity contribution is 5.16. The van der Waals surface area contributed by atoms with Crippen molar-refractivity contribution in [3.8, 4) is 0 Å². The van der Waals surface area contributed by atoms with Crippen LogP contribution in [0.4, 0.5) is 4.39 Å². The Kier molecular flexibility index (Phi) is 5.95. The van der Waals surface area contributed by atoms with Crippen LogP contribution in [0.5, 0.6) is 0 Å². The molecule has 0 aliphatic heterocycles. The number of benzene rings is 1. The first-order chi connectivity index (χ1) is 7.74. The van der Waals surface area contributed by atoms with Crippen molar-refractivity contribution < 1.29 is 19.1 Å². The molecule has 16 heavy (non-hydrogen) atoms. The van der Waals surface area contributed by atoms with E-state index in [2.05, 4.69) is 10.3 Å². The van der Waals surface area contributed by atoms with E-state index in [0.717, 1.165) is 0 Å². The number of rotatable bonds is 7. The lowest BCUT2D eigenvalue weighted by molar-refractivity contribution is -0.00323. The summed E-state index contributed by atoms with van der Waals surface area (Å²) in [4.78, 5) is 4.57. The van der Waals surface area contributed by atoms with Crippen LogP contribution in [0.25, 0.3) is 0 Å². The van der Waals surface area contributed by atoms with Crippen LogP contribution in [0.2, 0.25) is 0 Å². The average Bonchev–Trinajstić information content (AvgIpc) is 2.29. The quantitative estimate of drug-likeness (QED) is 0.681. The monoisotopic (exact) mass is 229 g/mol. The Labute approximate surface area is 93.9 Å². The fourth-order valence-electron chi connectivity index (χ4n) is 1.16. The number of hydroxylamine groups is 1. The molecule has 0 spiro atoms. The molecule has 1 rings (SSSR count). The number of hydrogen-bond acceptors (Lipinski definition) is 4. The zero-order valence-electron chi connectivity index (χ0n) is 9.15. The van der Waals surface area contributed by atoms with E-state index in [1.54, 1.807) is 18.2 Å². The number of ether oxygens (including phenoxy) is 1. The van der Waals surface area contributed by atoms with Crippen LogP contribution < -0.4 is 5.48 Å². The minimum Gasteiger partial charge on any atom is -0.389 e. The minimum atomic E-state index is -0.674. The van der Waals surface area contributed by atoms with Gasteiger partial charge in [0.2, 0.25) is 0 Å². The summed E-state index contributed by atoms with van der Waals surface area (Å²) in [7, 11) is 1.47. The van der Waals surface area contributed by atoms with Crippen molar-refractivity contribution in [1.29, 1.82) is 0 Å². The SMILES string of the molecule is CONCC(O)COCc1ccccc1F. The summed E-state index contributed by atoms with van der Waals surface area (Å²) in [5.41, 5.74) is 2.98. The van der Waals surface area contributed by atoms with Crippen LogP contribution in [-0.4, -0.2) is 31.5 Å². The van der Waals surface area contributed by atoms with Gasteiger partial charge in [-0.15, -0.1) is 0 Å². The molecule has 0 fully saturated rings. The summed E-state index contributed by atoms with van der Waals surface area (Å²) in [6.45, 7) is 0.551. The maximum Gasteiger partial charge on any atom is 0.128 e. The highest BCUT2D eigenvalue weighted by Gasteiger charge is 2.05. The Hall–Kier alpha value is -1.01. The molecule has 0 heterocycles. The first-order valence-corrected chi connectivity index (χ1v) is 4.99. The zero-order chi connectivity index (χ0) is 11.8. The zero-order valence-corrected chi connectivity index (χ0v) is 9.15. The number of nitrogens with one attached hydrogen (secondary N) is 1. The van der Waals surface area contributed by atoms with Gasteiger partial charge in [-0.2, -0.15) is 0 Å². The third-order valence-electron chi connectivity index (χ3n) is 1.99. The topological polar surface area (TPSA) is 50.7 Å².